The van der Waals surface area contributed by atoms with Gasteiger partial charge in [0, 0.05) is 5.39 Å². The van der Waals surface area contributed by atoms with Crippen molar-refractivity contribution in [3.05, 3.63) is 88.8 Å². The highest BCUT2D eigenvalue weighted by Gasteiger charge is 2.18. The van der Waals surface area contributed by atoms with Crippen molar-refractivity contribution < 1.29 is 14.3 Å². The molecule has 4 rings (SSSR count). The van der Waals surface area contributed by atoms with Crippen molar-refractivity contribution in [3.63, 3.8) is 0 Å². The Bertz CT molecular complexity index is 1280. The van der Waals surface area contributed by atoms with Gasteiger partial charge in [0.15, 0.2) is 5.69 Å². The molecule has 30 heavy (non-hydrogen) atoms. The Kier molecular flexibility index (Phi) is 5.17. The fourth-order valence-corrected chi connectivity index (χ4v) is 3.19. The highest BCUT2D eigenvalue weighted by molar-refractivity contribution is 6.11. The lowest BCUT2D eigenvalue weighted by molar-refractivity contribution is 0.102. The van der Waals surface area contributed by atoms with Gasteiger partial charge >= 0.3 is 0 Å². The number of fused-ring (bicyclic) bond motifs is 1. The van der Waals surface area contributed by atoms with Crippen LogP contribution in [0.2, 0.25) is 0 Å². The number of para-hydroxylation sites is 2. The standard InChI is InChI=1S/C23H19N3O4/c1-29-16-13-11-15(12-14-16)26-23(28)18-8-4-3-7-17(18)21(25-26)22(27)24-19-9-5-6-10-20(19)30-2/h3-14H,1-2H3,(H,24,27). The number of hydrogen-bond acceptors (Lipinski definition) is 5. The van der Waals surface area contributed by atoms with E-state index in [1.54, 1.807) is 73.8 Å². The Morgan fingerprint density at radius 2 is 1.53 bits per heavy atom. The minimum absolute atomic E-state index is 0.131. The molecule has 1 N–H and O–H groups in total. The zero-order valence-corrected chi connectivity index (χ0v) is 16.5. The summed E-state index contributed by atoms with van der Waals surface area (Å²) in [5.41, 5.74) is 0.854. The zero-order valence-electron chi connectivity index (χ0n) is 16.5. The van der Waals surface area contributed by atoms with E-state index in [0.717, 1.165) is 0 Å². The molecule has 0 atom stereocenters. The van der Waals surface area contributed by atoms with Gasteiger partial charge in [-0.1, -0.05) is 30.3 Å². The number of rotatable bonds is 5. The maximum Gasteiger partial charge on any atom is 0.279 e. The van der Waals surface area contributed by atoms with Crippen molar-refractivity contribution >= 4 is 22.4 Å². The van der Waals surface area contributed by atoms with Gasteiger partial charge < -0.3 is 14.8 Å². The molecule has 0 unspecified atom stereocenters. The number of ether oxygens (including phenoxy) is 2. The number of hydrogen-bond donors (Lipinski definition) is 1. The second-order valence-electron chi connectivity index (χ2n) is 6.46. The summed E-state index contributed by atoms with van der Waals surface area (Å²) in [5.74, 6) is 0.735. The lowest BCUT2D eigenvalue weighted by atomic mass is 10.1. The summed E-state index contributed by atoms with van der Waals surface area (Å²) < 4.78 is 11.7. The van der Waals surface area contributed by atoms with Crippen LogP contribution in [0.25, 0.3) is 16.5 Å². The van der Waals surface area contributed by atoms with Gasteiger partial charge in [-0.05, 0) is 42.5 Å². The number of nitrogens with one attached hydrogen (secondary N) is 1. The summed E-state index contributed by atoms with van der Waals surface area (Å²) in [4.78, 5) is 26.2. The van der Waals surface area contributed by atoms with Crippen molar-refractivity contribution in [2.24, 2.45) is 0 Å². The van der Waals surface area contributed by atoms with Crippen molar-refractivity contribution in [1.82, 2.24) is 9.78 Å². The number of aromatic nitrogens is 2. The predicted octanol–water partition coefficient (Wildman–Crippen LogP) is 3.66. The van der Waals surface area contributed by atoms with Crippen LogP contribution in [0.4, 0.5) is 5.69 Å². The number of anilines is 1. The fraction of sp³-hybridized carbons (Fsp3) is 0.0870. The number of benzene rings is 3. The minimum atomic E-state index is -0.446. The molecule has 3 aromatic carbocycles. The average Bonchev–Trinajstić information content (AvgIpc) is 2.80. The minimum Gasteiger partial charge on any atom is -0.497 e. The van der Waals surface area contributed by atoms with Gasteiger partial charge in [-0.25, -0.2) is 0 Å². The first-order chi connectivity index (χ1) is 14.6. The third-order valence-electron chi connectivity index (χ3n) is 4.69. The molecule has 1 heterocycles. The maximum atomic E-state index is 13.1. The number of methoxy groups -OCH3 is 2. The highest BCUT2D eigenvalue weighted by atomic mass is 16.5. The molecule has 4 aromatic rings. The Labute approximate surface area is 172 Å². The summed E-state index contributed by atoms with van der Waals surface area (Å²) in [6.45, 7) is 0. The molecule has 0 aliphatic heterocycles. The summed E-state index contributed by atoms with van der Waals surface area (Å²) in [6, 6.07) is 20.9. The Morgan fingerprint density at radius 3 is 2.23 bits per heavy atom. The van der Waals surface area contributed by atoms with E-state index in [0.29, 0.717) is 33.6 Å². The van der Waals surface area contributed by atoms with Crippen LogP contribution >= 0.6 is 0 Å². The van der Waals surface area contributed by atoms with E-state index in [-0.39, 0.29) is 11.3 Å². The van der Waals surface area contributed by atoms with Crippen LogP contribution in [-0.2, 0) is 0 Å². The van der Waals surface area contributed by atoms with Crippen LogP contribution in [0.15, 0.2) is 77.6 Å². The van der Waals surface area contributed by atoms with Crippen molar-refractivity contribution in [1.29, 1.82) is 0 Å². The van der Waals surface area contributed by atoms with Crippen LogP contribution in [-0.4, -0.2) is 29.9 Å². The van der Waals surface area contributed by atoms with Gasteiger partial charge in [-0.15, -0.1) is 0 Å². The molecule has 0 aliphatic rings. The first-order valence-electron chi connectivity index (χ1n) is 9.23. The summed E-state index contributed by atoms with van der Waals surface area (Å²) in [5, 5.41) is 8.08. The lowest BCUT2D eigenvalue weighted by Gasteiger charge is -2.13. The summed E-state index contributed by atoms with van der Waals surface area (Å²) in [7, 11) is 3.10. The molecule has 0 spiro atoms. The largest absolute Gasteiger partial charge is 0.497 e. The number of carbonyl (C=O) groups excluding carboxylic acids is 1. The fourth-order valence-electron chi connectivity index (χ4n) is 3.19. The highest BCUT2D eigenvalue weighted by Crippen LogP contribution is 2.24. The van der Waals surface area contributed by atoms with E-state index >= 15 is 0 Å². The molecule has 0 fully saturated rings. The topological polar surface area (TPSA) is 82.5 Å². The number of nitrogens with zero attached hydrogens (tertiary/aromatic N) is 2. The molecular weight excluding hydrogens is 382 g/mol. The van der Waals surface area contributed by atoms with Crippen LogP contribution in [0, 0.1) is 0 Å². The van der Waals surface area contributed by atoms with Crippen molar-refractivity contribution in [2.75, 3.05) is 19.5 Å². The van der Waals surface area contributed by atoms with E-state index in [4.69, 9.17) is 9.47 Å². The maximum absolute atomic E-state index is 13.1. The summed E-state index contributed by atoms with van der Waals surface area (Å²) in [6.07, 6.45) is 0. The van der Waals surface area contributed by atoms with Crippen LogP contribution < -0.4 is 20.3 Å². The van der Waals surface area contributed by atoms with Crippen LogP contribution in [0.3, 0.4) is 0 Å². The van der Waals surface area contributed by atoms with Crippen LogP contribution in [0.1, 0.15) is 10.5 Å². The van der Waals surface area contributed by atoms with E-state index in [1.165, 1.54) is 11.8 Å². The molecular formula is C23H19N3O4. The molecule has 0 radical (unpaired) electrons. The van der Waals surface area contributed by atoms with Gasteiger partial charge in [0.1, 0.15) is 11.5 Å². The predicted molar refractivity (Wildman–Crippen MR) is 115 cm³/mol. The molecule has 0 aliphatic carbocycles. The van der Waals surface area contributed by atoms with Gasteiger partial charge in [-0.2, -0.15) is 9.78 Å². The number of amides is 1. The SMILES string of the molecule is COc1ccc(-n2nc(C(=O)Nc3ccccc3OC)c3ccccc3c2=O)cc1. The molecule has 1 amide bonds. The van der Waals surface area contributed by atoms with Gasteiger partial charge in [0.05, 0.1) is 31.0 Å². The first kappa shape index (κ1) is 19.2. The average molecular weight is 401 g/mol. The lowest BCUT2D eigenvalue weighted by Crippen LogP contribution is -2.26. The van der Waals surface area contributed by atoms with E-state index < -0.39 is 5.91 Å². The van der Waals surface area contributed by atoms with E-state index in [9.17, 15) is 9.59 Å². The Hall–Kier alpha value is -4.13. The third-order valence-corrected chi connectivity index (χ3v) is 4.69. The quantitative estimate of drug-likeness (QED) is 0.552. The van der Waals surface area contributed by atoms with Gasteiger partial charge in [-0.3, -0.25) is 9.59 Å². The second-order valence-corrected chi connectivity index (χ2v) is 6.46. The molecule has 150 valence electrons. The molecule has 1 aromatic heterocycles. The van der Waals surface area contributed by atoms with Crippen LogP contribution in [0.5, 0.6) is 11.5 Å². The van der Waals surface area contributed by atoms with Gasteiger partial charge in [0.25, 0.3) is 11.5 Å². The third kappa shape index (κ3) is 3.48. The van der Waals surface area contributed by atoms with E-state index in [2.05, 4.69) is 10.4 Å². The normalized spacial score (nSPS) is 10.6. The van der Waals surface area contributed by atoms with E-state index in [1.807, 2.05) is 6.07 Å². The summed E-state index contributed by atoms with van der Waals surface area (Å²) >= 11 is 0. The molecule has 7 nitrogen and oxygen atoms in total. The molecule has 7 heteroatoms. The zero-order chi connectivity index (χ0) is 21.1. The molecule has 0 bridgehead atoms. The smallest absolute Gasteiger partial charge is 0.279 e. The van der Waals surface area contributed by atoms with Gasteiger partial charge in [0.2, 0.25) is 0 Å². The van der Waals surface area contributed by atoms with Crippen molar-refractivity contribution in [2.45, 2.75) is 0 Å². The Balaban J connectivity index is 1.85. The Morgan fingerprint density at radius 1 is 0.867 bits per heavy atom. The second kappa shape index (κ2) is 8.08. The monoisotopic (exact) mass is 401 g/mol. The van der Waals surface area contributed by atoms with Crippen molar-refractivity contribution in [3.8, 4) is 17.2 Å². The molecule has 0 saturated carbocycles. The number of carbonyl (C=O) groups is 1. The molecule has 0 saturated heterocycles. The first-order valence-corrected chi connectivity index (χ1v) is 9.23.